The first-order valence-electron chi connectivity index (χ1n) is 10.6. The van der Waals surface area contributed by atoms with Crippen LogP contribution in [0.5, 0.6) is 5.75 Å². The Bertz CT molecular complexity index is 1310. The largest absolute Gasteiger partial charge is 0.485 e. The van der Waals surface area contributed by atoms with E-state index in [2.05, 4.69) is 10.3 Å². The molecule has 194 valence electrons. The van der Waals surface area contributed by atoms with Gasteiger partial charge in [-0.3, -0.25) is 9.20 Å². The third kappa shape index (κ3) is 6.07. The molecule has 0 radical (unpaired) electrons. The summed E-state index contributed by atoms with van der Waals surface area (Å²) in [5, 5.41) is 11.5. The zero-order valence-corrected chi connectivity index (χ0v) is 19.0. The van der Waals surface area contributed by atoms with Crippen LogP contribution in [0, 0.1) is 31.3 Å². The summed E-state index contributed by atoms with van der Waals surface area (Å²) in [6.07, 6.45) is -5.14. The number of benzene rings is 1. The van der Waals surface area contributed by atoms with Crippen molar-refractivity contribution in [3.63, 3.8) is 0 Å². The molecule has 36 heavy (non-hydrogen) atoms. The average Bonchev–Trinajstić information content (AvgIpc) is 3.10. The number of imidazole rings is 1. The fourth-order valence-electron chi connectivity index (χ4n) is 3.58. The van der Waals surface area contributed by atoms with Crippen molar-refractivity contribution in [2.24, 2.45) is 0 Å². The van der Waals surface area contributed by atoms with Crippen LogP contribution < -0.4 is 10.1 Å². The Balaban J connectivity index is 1.88. The molecular weight excluding hydrogens is 496 g/mol. The summed E-state index contributed by atoms with van der Waals surface area (Å²) in [7, 11) is 0. The molecule has 1 unspecified atom stereocenters. The van der Waals surface area contributed by atoms with E-state index in [1.54, 1.807) is 6.92 Å². The Morgan fingerprint density at radius 1 is 1.17 bits per heavy atom. The molecule has 0 bridgehead atoms. The quantitative estimate of drug-likeness (QED) is 0.312. The van der Waals surface area contributed by atoms with Crippen LogP contribution in [0.15, 0.2) is 24.4 Å². The van der Waals surface area contributed by atoms with Gasteiger partial charge in [-0.15, -0.1) is 0 Å². The molecule has 1 atom stereocenters. The van der Waals surface area contributed by atoms with E-state index >= 15 is 0 Å². The van der Waals surface area contributed by atoms with Gasteiger partial charge in [0.05, 0.1) is 11.3 Å². The second-order valence-electron chi connectivity index (χ2n) is 8.10. The lowest BCUT2D eigenvalue weighted by molar-refractivity contribution is -0.142. The van der Waals surface area contributed by atoms with Crippen LogP contribution in [-0.2, 0) is 11.4 Å². The van der Waals surface area contributed by atoms with E-state index in [0.29, 0.717) is 11.6 Å². The average molecular weight is 517 g/mol. The smallest absolute Gasteiger partial charge is 0.389 e. The van der Waals surface area contributed by atoms with Gasteiger partial charge in [-0.05, 0) is 50.5 Å². The molecular formula is C23H21F6N3O4. The number of carbonyl (C=O) groups excluding carboxylic acids is 1. The maximum atomic E-state index is 14.0. The Morgan fingerprint density at radius 2 is 1.83 bits per heavy atom. The minimum Gasteiger partial charge on any atom is -0.485 e. The van der Waals surface area contributed by atoms with Crippen LogP contribution in [0.1, 0.15) is 46.6 Å². The van der Waals surface area contributed by atoms with Gasteiger partial charge >= 0.3 is 12.1 Å². The zero-order valence-electron chi connectivity index (χ0n) is 19.0. The van der Waals surface area contributed by atoms with Crippen LogP contribution in [-0.4, -0.2) is 38.6 Å². The first-order valence-corrected chi connectivity index (χ1v) is 10.6. The third-order valence-electron chi connectivity index (χ3n) is 5.28. The number of nitrogens with one attached hydrogen (secondary N) is 1. The number of halogens is 6. The number of hydrogen-bond acceptors (Lipinski definition) is 4. The molecule has 0 aliphatic carbocycles. The number of nitrogens with zero attached hydrogens (tertiary/aromatic N) is 2. The predicted molar refractivity (Wildman–Crippen MR) is 114 cm³/mol. The second-order valence-corrected chi connectivity index (χ2v) is 8.10. The number of aryl methyl sites for hydroxylation is 2. The highest BCUT2D eigenvalue weighted by molar-refractivity contribution is 5.97. The molecule has 7 nitrogen and oxygen atoms in total. The summed E-state index contributed by atoms with van der Waals surface area (Å²) >= 11 is 0. The SMILES string of the molecule is Cc1cc(OCc2c(F)ccc(F)c2F)c2nc(C)c(C(=O)NC(CCCC(F)(F)F)C(=O)O)n2c1. The van der Waals surface area contributed by atoms with Gasteiger partial charge in [0.2, 0.25) is 0 Å². The number of pyridine rings is 1. The molecule has 0 aliphatic heterocycles. The molecule has 1 aromatic carbocycles. The number of aromatic nitrogens is 2. The van der Waals surface area contributed by atoms with Gasteiger partial charge in [0.1, 0.15) is 24.2 Å². The molecule has 2 aromatic heterocycles. The van der Waals surface area contributed by atoms with E-state index in [1.807, 2.05) is 0 Å². The highest BCUT2D eigenvalue weighted by Crippen LogP contribution is 2.27. The van der Waals surface area contributed by atoms with Gasteiger partial charge in [-0.2, -0.15) is 13.2 Å². The number of rotatable bonds is 9. The fourth-order valence-corrected chi connectivity index (χ4v) is 3.58. The lowest BCUT2D eigenvalue weighted by atomic mass is 10.1. The van der Waals surface area contributed by atoms with Gasteiger partial charge < -0.3 is 15.2 Å². The van der Waals surface area contributed by atoms with Crippen LogP contribution in [0.3, 0.4) is 0 Å². The Kier molecular flexibility index (Phi) is 7.80. The van der Waals surface area contributed by atoms with E-state index < -0.39 is 73.0 Å². The lowest BCUT2D eigenvalue weighted by Crippen LogP contribution is -2.41. The van der Waals surface area contributed by atoms with E-state index in [9.17, 15) is 41.0 Å². The minimum atomic E-state index is -4.46. The Labute approximate surface area is 200 Å². The van der Waals surface area contributed by atoms with E-state index in [-0.39, 0.29) is 22.8 Å². The number of fused-ring (bicyclic) bond motifs is 1. The highest BCUT2D eigenvalue weighted by Gasteiger charge is 2.29. The summed E-state index contributed by atoms with van der Waals surface area (Å²) in [6.45, 7) is 2.36. The van der Waals surface area contributed by atoms with Crippen molar-refractivity contribution in [2.75, 3.05) is 0 Å². The number of carbonyl (C=O) groups is 2. The van der Waals surface area contributed by atoms with Gasteiger partial charge in [0, 0.05) is 12.6 Å². The van der Waals surface area contributed by atoms with Crippen molar-refractivity contribution >= 4 is 17.5 Å². The molecule has 13 heteroatoms. The number of amides is 1. The predicted octanol–water partition coefficient (Wildman–Crippen LogP) is 4.86. The van der Waals surface area contributed by atoms with E-state index in [4.69, 9.17) is 4.74 Å². The first-order chi connectivity index (χ1) is 16.8. The van der Waals surface area contributed by atoms with Crippen molar-refractivity contribution in [3.8, 4) is 5.75 Å². The van der Waals surface area contributed by atoms with Crippen molar-refractivity contribution in [2.45, 2.75) is 51.9 Å². The van der Waals surface area contributed by atoms with Crippen LogP contribution in [0.4, 0.5) is 26.3 Å². The van der Waals surface area contributed by atoms with Crippen LogP contribution in [0.25, 0.3) is 5.65 Å². The fraction of sp³-hybridized carbons (Fsp3) is 0.348. The van der Waals surface area contributed by atoms with Gasteiger partial charge in [-0.1, -0.05) is 0 Å². The van der Waals surface area contributed by atoms with Crippen molar-refractivity contribution in [1.29, 1.82) is 0 Å². The van der Waals surface area contributed by atoms with Crippen molar-refractivity contribution in [3.05, 3.63) is 64.4 Å². The molecule has 3 aromatic rings. The zero-order chi connectivity index (χ0) is 26.8. The van der Waals surface area contributed by atoms with Gasteiger partial charge in [-0.25, -0.2) is 22.9 Å². The van der Waals surface area contributed by atoms with Crippen LogP contribution in [0.2, 0.25) is 0 Å². The maximum absolute atomic E-state index is 14.0. The molecule has 2 heterocycles. The summed E-state index contributed by atoms with van der Waals surface area (Å²) in [5.41, 5.74) is -0.0678. The van der Waals surface area contributed by atoms with Gasteiger partial charge in [0.25, 0.3) is 5.91 Å². The lowest BCUT2D eigenvalue weighted by Gasteiger charge is -2.15. The molecule has 0 aliphatic rings. The topological polar surface area (TPSA) is 92.9 Å². The molecule has 3 rings (SSSR count). The summed E-state index contributed by atoms with van der Waals surface area (Å²) in [6, 6.07) is 1.27. The third-order valence-corrected chi connectivity index (χ3v) is 5.28. The summed E-state index contributed by atoms with van der Waals surface area (Å²) in [5.74, 6) is -6.11. The van der Waals surface area contributed by atoms with Crippen molar-refractivity contribution < 1.29 is 45.8 Å². The summed E-state index contributed by atoms with van der Waals surface area (Å²) in [4.78, 5) is 28.6. The molecule has 0 spiro atoms. The molecule has 0 saturated carbocycles. The molecule has 0 saturated heterocycles. The van der Waals surface area contributed by atoms with Gasteiger partial charge in [0.15, 0.2) is 23.0 Å². The summed E-state index contributed by atoms with van der Waals surface area (Å²) < 4.78 is 85.4. The first kappa shape index (κ1) is 26.8. The van der Waals surface area contributed by atoms with Crippen molar-refractivity contribution in [1.82, 2.24) is 14.7 Å². The number of carboxylic acid groups (broad SMARTS) is 1. The Morgan fingerprint density at radius 3 is 2.47 bits per heavy atom. The number of ether oxygens (including phenoxy) is 1. The number of hydrogen-bond donors (Lipinski definition) is 2. The maximum Gasteiger partial charge on any atom is 0.389 e. The number of aliphatic carboxylic acids is 1. The minimum absolute atomic E-state index is 0.000160. The molecule has 1 amide bonds. The highest BCUT2D eigenvalue weighted by atomic mass is 19.4. The monoisotopic (exact) mass is 517 g/mol. The van der Waals surface area contributed by atoms with E-state index in [0.717, 1.165) is 6.07 Å². The molecule has 0 fully saturated rings. The second kappa shape index (κ2) is 10.5. The molecule has 2 N–H and O–H groups in total. The standard InChI is InChI=1S/C23H21F6N3O4/c1-11-8-17(36-10-13-14(24)5-6-15(25)18(13)26)20-30-12(2)19(32(20)9-11)21(33)31-16(22(34)35)4-3-7-23(27,28)29/h5-6,8-9,16H,3-4,7,10H2,1-2H3,(H,31,33)(H,34,35). The van der Waals surface area contributed by atoms with Crippen LogP contribution >= 0.6 is 0 Å². The van der Waals surface area contributed by atoms with E-state index in [1.165, 1.54) is 23.6 Å². The Hall–Kier alpha value is -3.77. The normalized spacial score (nSPS) is 12.6. The number of carboxylic acids is 1. The number of alkyl halides is 3.